The Bertz CT molecular complexity index is 936. The maximum Gasteiger partial charge on any atom is 0.319 e. The molecule has 0 fully saturated rings. The van der Waals surface area contributed by atoms with E-state index in [0.717, 1.165) is 27.6 Å². The number of nitrogens with zero attached hydrogens (tertiary/aromatic N) is 1. The molecule has 29 heavy (non-hydrogen) atoms. The van der Waals surface area contributed by atoms with E-state index in [0.29, 0.717) is 12.2 Å². The van der Waals surface area contributed by atoms with Gasteiger partial charge in [-0.2, -0.15) is 0 Å². The molecule has 2 aromatic carbocycles. The largest absolute Gasteiger partial charge is 0.497 e. The second-order valence-corrected chi connectivity index (χ2v) is 6.82. The summed E-state index contributed by atoms with van der Waals surface area (Å²) in [6, 6.07) is 16.5. The maximum atomic E-state index is 12.0. The van der Waals surface area contributed by atoms with E-state index in [9.17, 15) is 4.79 Å². The van der Waals surface area contributed by atoms with Gasteiger partial charge in [0.05, 0.1) is 19.1 Å². The third-order valence-electron chi connectivity index (χ3n) is 3.97. The quantitative estimate of drug-likeness (QED) is 0.473. The second-order valence-electron chi connectivity index (χ2n) is 5.97. The van der Waals surface area contributed by atoms with Gasteiger partial charge in [-0.1, -0.05) is 6.07 Å². The Morgan fingerprint density at radius 3 is 2.52 bits per heavy atom. The van der Waals surface area contributed by atoms with Gasteiger partial charge in [-0.25, -0.2) is 4.79 Å². The van der Waals surface area contributed by atoms with Crippen molar-refractivity contribution in [3.05, 3.63) is 72.6 Å². The van der Waals surface area contributed by atoms with Crippen LogP contribution in [-0.2, 0) is 6.54 Å². The van der Waals surface area contributed by atoms with Gasteiger partial charge >= 0.3 is 6.03 Å². The first kappa shape index (κ1) is 20.3. The number of hydrogen-bond acceptors (Lipinski definition) is 6. The zero-order valence-electron chi connectivity index (χ0n) is 16.1. The average molecular weight is 410 g/mol. The van der Waals surface area contributed by atoms with Crippen molar-refractivity contribution in [1.29, 1.82) is 0 Å². The van der Waals surface area contributed by atoms with Crippen LogP contribution in [-0.4, -0.2) is 25.2 Å². The van der Waals surface area contributed by atoms with Gasteiger partial charge in [0.25, 0.3) is 0 Å². The zero-order chi connectivity index (χ0) is 20.5. The Balaban J connectivity index is 1.52. The van der Waals surface area contributed by atoms with Crippen LogP contribution in [0.15, 0.2) is 71.9 Å². The first-order valence-electron chi connectivity index (χ1n) is 8.86. The van der Waals surface area contributed by atoms with Crippen molar-refractivity contribution in [3.8, 4) is 11.5 Å². The van der Waals surface area contributed by atoms with Crippen LogP contribution < -0.4 is 24.8 Å². The van der Waals surface area contributed by atoms with E-state index in [4.69, 9.17) is 9.47 Å². The number of carbonyl (C=O) groups is 1. The summed E-state index contributed by atoms with van der Waals surface area (Å²) in [6.07, 6.45) is 3.41. The van der Waals surface area contributed by atoms with Crippen molar-refractivity contribution >= 4 is 29.4 Å². The standard InChI is InChI=1S/C21H22N4O3S/c1-27-18-9-10-19(28-2)20(12-18)29-25-17-7-5-16(6-8-17)24-21(26)23-14-15-4-3-11-22-13-15/h3-13,25H,14H2,1-2H3,(H2,23,24,26). The molecule has 0 unspecified atom stereocenters. The lowest BCUT2D eigenvalue weighted by atomic mass is 10.3. The number of ether oxygens (including phenoxy) is 2. The fraction of sp³-hybridized carbons (Fsp3) is 0.143. The lowest BCUT2D eigenvalue weighted by Gasteiger charge is -2.12. The summed E-state index contributed by atoms with van der Waals surface area (Å²) < 4.78 is 13.9. The summed E-state index contributed by atoms with van der Waals surface area (Å²) in [5.74, 6) is 1.51. The molecule has 150 valence electrons. The molecule has 1 aromatic heterocycles. The predicted molar refractivity (Wildman–Crippen MR) is 116 cm³/mol. The Labute approximate surface area is 174 Å². The molecular formula is C21H22N4O3S. The van der Waals surface area contributed by atoms with Crippen LogP contribution in [0.2, 0.25) is 0 Å². The van der Waals surface area contributed by atoms with E-state index in [-0.39, 0.29) is 6.03 Å². The van der Waals surface area contributed by atoms with Crippen LogP contribution in [0.5, 0.6) is 11.5 Å². The molecule has 3 rings (SSSR count). The Hall–Kier alpha value is -3.39. The van der Waals surface area contributed by atoms with Crippen molar-refractivity contribution in [2.75, 3.05) is 24.3 Å². The Morgan fingerprint density at radius 1 is 1.03 bits per heavy atom. The zero-order valence-corrected chi connectivity index (χ0v) is 17.0. The van der Waals surface area contributed by atoms with Crippen molar-refractivity contribution in [1.82, 2.24) is 10.3 Å². The summed E-state index contributed by atoms with van der Waals surface area (Å²) in [4.78, 5) is 17.0. The minimum atomic E-state index is -0.273. The van der Waals surface area contributed by atoms with Crippen molar-refractivity contribution in [3.63, 3.8) is 0 Å². The number of nitrogens with one attached hydrogen (secondary N) is 3. The molecule has 2 amide bonds. The van der Waals surface area contributed by atoms with E-state index in [2.05, 4.69) is 20.3 Å². The SMILES string of the molecule is COc1ccc(OC)c(SNc2ccc(NC(=O)NCc3cccnc3)cc2)c1. The smallest absolute Gasteiger partial charge is 0.319 e. The Kier molecular flexibility index (Phi) is 7.18. The van der Waals surface area contributed by atoms with Crippen LogP contribution >= 0.6 is 11.9 Å². The van der Waals surface area contributed by atoms with Crippen LogP contribution in [0.3, 0.4) is 0 Å². The summed E-state index contributed by atoms with van der Waals surface area (Å²) in [7, 11) is 3.26. The summed E-state index contributed by atoms with van der Waals surface area (Å²) in [5.41, 5.74) is 2.52. The monoisotopic (exact) mass is 410 g/mol. The number of anilines is 2. The van der Waals surface area contributed by atoms with Gasteiger partial charge in [0, 0.05) is 30.3 Å². The number of hydrogen-bond donors (Lipinski definition) is 3. The molecule has 3 N–H and O–H groups in total. The van der Waals surface area contributed by atoms with Gasteiger partial charge in [-0.3, -0.25) is 4.98 Å². The number of urea groups is 1. The molecule has 0 radical (unpaired) electrons. The molecule has 1 heterocycles. The summed E-state index contributed by atoms with van der Waals surface area (Å²) >= 11 is 1.42. The maximum absolute atomic E-state index is 12.0. The highest BCUT2D eigenvalue weighted by Gasteiger charge is 2.07. The molecule has 0 aliphatic heterocycles. The molecular weight excluding hydrogens is 388 g/mol. The molecule has 7 nitrogen and oxygen atoms in total. The molecule has 8 heteroatoms. The third kappa shape index (κ3) is 6.05. The molecule has 3 aromatic rings. The third-order valence-corrected chi connectivity index (χ3v) is 4.84. The first-order chi connectivity index (χ1) is 14.2. The van der Waals surface area contributed by atoms with Gasteiger partial charge in [0.2, 0.25) is 0 Å². The van der Waals surface area contributed by atoms with Gasteiger partial charge < -0.3 is 24.8 Å². The Morgan fingerprint density at radius 2 is 1.83 bits per heavy atom. The van der Waals surface area contributed by atoms with Gasteiger partial charge in [0.1, 0.15) is 11.5 Å². The van der Waals surface area contributed by atoms with Crippen LogP contribution in [0.1, 0.15) is 5.56 Å². The normalized spacial score (nSPS) is 10.1. The van der Waals surface area contributed by atoms with Gasteiger partial charge in [0.15, 0.2) is 0 Å². The fourth-order valence-electron chi connectivity index (χ4n) is 2.46. The average Bonchev–Trinajstić information content (AvgIpc) is 2.77. The second kappa shape index (κ2) is 10.2. The van der Waals surface area contributed by atoms with Gasteiger partial charge in [-0.15, -0.1) is 0 Å². The predicted octanol–water partition coefficient (Wildman–Crippen LogP) is 4.54. The highest BCUT2D eigenvalue weighted by molar-refractivity contribution is 8.00. The summed E-state index contributed by atoms with van der Waals surface area (Å²) in [6.45, 7) is 0.415. The minimum Gasteiger partial charge on any atom is -0.497 e. The van der Waals surface area contributed by atoms with E-state index >= 15 is 0 Å². The number of rotatable bonds is 8. The van der Waals surface area contributed by atoms with Crippen molar-refractivity contribution < 1.29 is 14.3 Å². The van der Waals surface area contributed by atoms with E-state index in [1.165, 1.54) is 11.9 Å². The number of amides is 2. The molecule has 0 aliphatic carbocycles. The van der Waals surface area contributed by atoms with Crippen LogP contribution in [0, 0.1) is 0 Å². The fourth-order valence-corrected chi connectivity index (χ4v) is 3.25. The van der Waals surface area contributed by atoms with Crippen molar-refractivity contribution in [2.24, 2.45) is 0 Å². The molecule has 0 saturated carbocycles. The van der Waals surface area contributed by atoms with E-state index in [1.54, 1.807) is 26.6 Å². The molecule has 0 spiro atoms. The molecule has 0 saturated heterocycles. The molecule has 0 atom stereocenters. The topological polar surface area (TPSA) is 84.5 Å². The van der Waals surface area contributed by atoms with Crippen LogP contribution in [0.4, 0.5) is 16.2 Å². The van der Waals surface area contributed by atoms with Crippen molar-refractivity contribution in [2.45, 2.75) is 11.4 Å². The number of methoxy groups -OCH3 is 2. The lowest BCUT2D eigenvalue weighted by Crippen LogP contribution is -2.28. The minimum absolute atomic E-state index is 0.273. The van der Waals surface area contributed by atoms with E-state index in [1.807, 2.05) is 54.6 Å². The van der Waals surface area contributed by atoms with Gasteiger partial charge in [-0.05, 0) is 66.0 Å². The highest BCUT2D eigenvalue weighted by Crippen LogP contribution is 2.33. The molecule has 0 aliphatic rings. The highest BCUT2D eigenvalue weighted by atomic mass is 32.2. The van der Waals surface area contributed by atoms with E-state index < -0.39 is 0 Å². The first-order valence-corrected chi connectivity index (χ1v) is 9.68. The summed E-state index contributed by atoms with van der Waals surface area (Å²) in [5, 5.41) is 5.60. The number of carbonyl (C=O) groups excluding carboxylic acids is 1. The number of aromatic nitrogens is 1. The number of benzene rings is 2. The molecule has 0 bridgehead atoms. The number of pyridine rings is 1. The van der Waals surface area contributed by atoms with Crippen LogP contribution in [0.25, 0.3) is 0 Å². The lowest BCUT2D eigenvalue weighted by molar-refractivity contribution is 0.251.